The summed E-state index contributed by atoms with van der Waals surface area (Å²) >= 11 is 10.6. The Labute approximate surface area is 121 Å². The first-order valence-electron chi connectivity index (χ1n) is 5.11. The van der Waals surface area contributed by atoms with Crippen molar-refractivity contribution in [3.8, 4) is 0 Å². The maximum absolute atomic E-state index is 11.9. The number of nitrogens with one attached hydrogen (secondary N) is 1. The van der Waals surface area contributed by atoms with Gasteiger partial charge in [0.15, 0.2) is 0 Å². The molecule has 1 amide bonds. The third kappa shape index (κ3) is 4.43. The van der Waals surface area contributed by atoms with Crippen LogP contribution in [0.3, 0.4) is 0 Å². The number of halogens is 1. The van der Waals surface area contributed by atoms with Gasteiger partial charge in [0.25, 0.3) is 0 Å². The van der Waals surface area contributed by atoms with Gasteiger partial charge in [-0.25, -0.2) is 13.1 Å². The van der Waals surface area contributed by atoms with Gasteiger partial charge in [0, 0.05) is 18.5 Å². The summed E-state index contributed by atoms with van der Waals surface area (Å²) in [5.74, 6) is -0.599. The van der Waals surface area contributed by atoms with Gasteiger partial charge in [-0.2, -0.15) is 0 Å². The van der Waals surface area contributed by atoms with E-state index < -0.39 is 15.9 Å². The maximum Gasteiger partial charge on any atom is 0.242 e. The summed E-state index contributed by atoms with van der Waals surface area (Å²) in [6.07, 6.45) is -0.0954. The van der Waals surface area contributed by atoms with Crippen LogP contribution in [0.4, 0.5) is 0 Å². The molecule has 0 aliphatic rings. The number of sulfonamides is 1. The molecular formula is C10H12ClN3O3S2. The van der Waals surface area contributed by atoms with Gasteiger partial charge >= 0.3 is 0 Å². The zero-order valence-corrected chi connectivity index (χ0v) is 12.1. The molecule has 0 atom stereocenters. The fourth-order valence-electron chi connectivity index (χ4n) is 1.26. The molecule has 6 nitrogen and oxygen atoms in total. The van der Waals surface area contributed by atoms with E-state index >= 15 is 0 Å². The molecule has 0 aliphatic heterocycles. The molecule has 5 N–H and O–H groups in total. The van der Waals surface area contributed by atoms with Crippen LogP contribution in [0.15, 0.2) is 23.1 Å². The van der Waals surface area contributed by atoms with E-state index in [4.69, 9.17) is 35.3 Å². The fraction of sp³-hybridized carbons (Fsp3) is 0.200. The quantitative estimate of drug-likeness (QED) is 0.644. The highest BCUT2D eigenvalue weighted by Crippen LogP contribution is 2.22. The molecule has 0 saturated heterocycles. The number of hydrogen-bond donors (Lipinski definition) is 3. The summed E-state index contributed by atoms with van der Waals surface area (Å²) in [7, 11) is -3.80. The number of carbonyl (C=O) groups excluding carboxylic acids is 1. The van der Waals surface area contributed by atoms with Gasteiger partial charge in [0.05, 0.1) is 5.02 Å². The van der Waals surface area contributed by atoms with Gasteiger partial charge in [-0.3, -0.25) is 4.79 Å². The molecule has 19 heavy (non-hydrogen) atoms. The van der Waals surface area contributed by atoms with Crippen molar-refractivity contribution in [3.63, 3.8) is 0 Å². The second-order valence-corrected chi connectivity index (χ2v) is 6.21. The van der Waals surface area contributed by atoms with Crippen molar-refractivity contribution in [3.05, 3.63) is 28.8 Å². The van der Waals surface area contributed by atoms with Crippen LogP contribution in [0.25, 0.3) is 0 Å². The van der Waals surface area contributed by atoms with Crippen LogP contribution >= 0.6 is 23.8 Å². The van der Waals surface area contributed by atoms with Crippen molar-refractivity contribution < 1.29 is 13.2 Å². The van der Waals surface area contributed by atoms with Crippen LogP contribution in [-0.2, 0) is 14.8 Å². The van der Waals surface area contributed by atoms with Crippen molar-refractivity contribution in [2.24, 2.45) is 11.5 Å². The Morgan fingerprint density at radius 2 is 2.00 bits per heavy atom. The molecule has 1 rings (SSSR count). The SMILES string of the molecule is NC(=O)CCNS(=O)(=O)c1ccc(C(N)=S)cc1Cl. The minimum Gasteiger partial charge on any atom is -0.389 e. The molecule has 0 spiro atoms. The van der Waals surface area contributed by atoms with Gasteiger partial charge < -0.3 is 11.5 Å². The Balaban J connectivity index is 2.96. The molecule has 1 aromatic carbocycles. The molecular weight excluding hydrogens is 310 g/mol. The average Bonchev–Trinajstić information content (AvgIpc) is 2.27. The van der Waals surface area contributed by atoms with Crippen molar-refractivity contribution in [1.29, 1.82) is 0 Å². The highest BCUT2D eigenvalue weighted by atomic mass is 35.5. The lowest BCUT2D eigenvalue weighted by atomic mass is 10.2. The number of primary amides is 1. The second-order valence-electron chi connectivity index (χ2n) is 3.62. The minimum atomic E-state index is -3.80. The standard InChI is InChI=1S/C10H12ClN3O3S2/c11-7-5-6(10(13)18)1-2-8(7)19(16,17)14-4-3-9(12)15/h1-2,5,14H,3-4H2,(H2,12,15)(H2,13,18). The Morgan fingerprint density at radius 3 is 2.47 bits per heavy atom. The molecule has 1 aromatic rings. The molecule has 0 heterocycles. The lowest BCUT2D eigenvalue weighted by Gasteiger charge is -2.08. The summed E-state index contributed by atoms with van der Waals surface area (Å²) in [6.45, 7) is -0.0922. The van der Waals surface area contributed by atoms with Gasteiger partial charge in [0.1, 0.15) is 9.88 Å². The number of thiocarbonyl (C=S) groups is 1. The van der Waals surface area contributed by atoms with Crippen LogP contribution in [-0.4, -0.2) is 25.9 Å². The smallest absolute Gasteiger partial charge is 0.242 e. The van der Waals surface area contributed by atoms with E-state index in [2.05, 4.69) is 4.72 Å². The Bertz CT molecular complexity index is 616. The van der Waals surface area contributed by atoms with E-state index in [9.17, 15) is 13.2 Å². The van der Waals surface area contributed by atoms with Crippen LogP contribution in [0.1, 0.15) is 12.0 Å². The number of nitrogens with two attached hydrogens (primary N) is 2. The zero-order valence-electron chi connectivity index (χ0n) is 9.72. The van der Waals surface area contributed by atoms with Crippen LogP contribution in [0.5, 0.6) is 0 Å². The summed E-state index contributed by atoms with van der Waals surface area (Å²) < 4.78 is 26.0. The first-order valence-corrected chi connectivity index (χ1v) is 7.38. The summed E-state index contributed by atoms with van der Waals surface area (Å²) in [5, 5.41) is -0.00289. The maximum atomic E-state index is 11.9. The van der Waals surface area contributed by atoms with E-state index in [1.165, 1.54) is 18.2 Å². The third-order valence-corrected chi connectivity index (χ3v) is 4.35. The molecule has 9 heteroatoms. The molecule has 0 unspecified atom stereocenters. The van der Waals surface area contributed by atoms with Crippen molar-refractivity contribution in [2.75, 3.05) is 6.54 Å². The highest BCUT2D eigenvalue weighted by molar-refractivity contribution is 7.89. The van der Waals surface area contributed by atoms with E-state index in [0.29, 0.717) is 5.56 Å². The van der Waals surface area contributed by atoms with Gasteiger partial charge in [0.2, 0.25) is 15.9 Å². The Morgan fingerprint density at radius 1 is 1.37 bits per heavy atom. The lowest BCUT2D eigenvalue weighted by Crippen LogP contribution is -2.28. The molecule has 0 aliphatic carbocycles. The third-order valence-electron chi connectivity index (χ3n) is 2.17. The molecule has 0 radical (unpaired) electrons. The van der Waals surface area contributed by atoms with Crippen molar-refractivity contribution in [1.82, 2.24) is 4.72 Å². The van der Waals surface area contributed by atoms with E-state index in [1.807, 2.05) is 0 Å². The summed E-state index contributed by atoms with van der Waals surface area (Å²) in [4.78, 5) is 10.5. The second kappa shape index (κ2) is 6.29. The molecule has 0 saturated carbocycles. The first kappa shape index (κ1) is 15.8. The number of rotatable bonds is 6. The van der Waals surface area contributed by atoms with Gasteiger partial charge in [-0.15, -0.1) is 0 Å². The molecule has 0 aromatic heterocycles. The summed E-state index contributed by atoms with van der Waals surface area (Å²) in [5.41, 5.74) is 10.8. The highest BCUT2D eigenvalue weighted by Gasteiger charge is 2.18. The fourth-order valence-corrected chi connectivity index (χ4v) is 2.96. The van der Waals surface area contributed by atoms with Gasteiger partial charge in [-0.05, 0) is 12.1 Å². The number of hydrogen-bond acceptors (Lipinski definition) is 4. The molecule has 104 valence electrons. The topological polar surface area (TPSA) is 115 Å². The predicted molar refractivity (Wildman–Crippen MR) is 76.3 cm³/mol. The Kier molecular flexibility index (Phi) is 5.24. The number of benzene rings is 1. The van der Waals surface area contributed by atoms with Crippen molar-refractivity contribution in [2.45, 2.75) is 11.3 Å². The zero-order chi connectivity index (χ0) is 14.6. The van der Waals surface area contributed by atoms with Crippen LogP contribution in [0.2, 0.25) is 5.02 Å². The lowest BCUT2D eigenvalue weighted by molar-refractivity contribution is -0.117. The van der Waals surface area contributed by atoms with E-state index in [1.54, 1.807) is 0 Å². The number of carbonyl (C=O) groups is 1. The Hall–Kier alpha value is -1.22. The molecule has 0 fully saturated rings. The first-order chi connectivity index (χ1) is 8.74. The van der Waals surface area contributed by atoms with Gasteiger partial charge in [-0.1, -0.05) is 29.9 Å². The predicted octanol–water partition coefficient (Wildman–Crippen LogP) is 0.128. The summed E-state index contributed by atoms with van der Waals surface area (Å²) in [6, 6.07) is 4.12. The monoisotopic (exact) mass is 321 g/mol. The normalized spacial score (nSPS) is 11.2. The van der Waals surface area contributed by atoms with E-state index in [-0.39, 0.29) is 27.9 Å². The van der Waals surface area contributed by atoms with Crippen LogP contribution < -0.4 is 16.2 Å². The molecule has 0 bridgehead atoms. The van der Waals surface area contributed by atoms with E-state index in [0.717, 1.165) is 0 Å². The number of amides is 1. The van der Waals surface area contributed by atoms with Crippen LogP contribution in [0, 0.1) is 0 Å². The largest absolute Gasteiger partial charge is 0.389 e. The average molecular weight is 322 g/mol. The van der Waals surface area contributed by atoms with Crippen molar-refractivity contribution >= 4 is 44.7 Å². The minimum absolute atomic E-state index is 0.00289.